The van der Waals surface area contributed by atoms with Gasteiger partial charge in [0.25, 0.3) is 17.8 Å². The van der Waals surface area contributed by atoms with Crippen molar-refractivity contribution in [2.24, 2.45) is 59.2 Å². The molecule has 11 unspecified atom stereocenters. The monoisotopic (exact) mass is 1170 g/mol. The molecule has 0 radical (unpaired) electrons. The molecule has 0 spiro atoms. The Morgan fingerprint density at radius 1 is 0.375 bits per heavy atom. The molecule has 5 saturated carbocycles. The summed E-state index contributed by atoms with van der Waals surface area (Å²) in [5.74, 6) is -13.3. The van der Waals surface area contributed by atoms with Gasteiger partial charge in [-0.1, -0.05) is 106 Å². The van der Waals surface area contributed by atoms with Gasteiger partial charge in [-0.05, 0) is 174 Å². The fraction of sp³-hybridized carbons (Fsp3) is 0.719. The van der Waals surface area contributed by atoms with Crippen LogP contribution in [0.1, 0.15) is 180 Å². The van der Waals surface area contributed by atoms with Crippen LogP contribution in [0.2, 0.25) is 0 Å². The Morgan fingerprint density at radius 3 is 1.12 bits per heavy atom. The van der Waals surface area contributed by atoms with Gasteiger partial charge in [0.2, 0.25) is 0 Å². The molecule has 0 nitrogen and oxygen atoms in total. The molecule has 0 heterocycles. The summed E-state index contributed by atoms with van der Waals surface area (Å²) in [6.07, 6.45) is 1.99. The van der Waals surface area contributed by atoms with Crippen LogP contribution in [0, 0.1) is 130 Å². The van der Waals surface area contributed by atoms with E-state index in [4.69, 9.17) is 0 Å². The molecule has 5 aliphatic carbocycles. The average molecular weight is 1170 g/mol. The minimum absolute atomic E-state index is 0.0776. The standard InChI is InChI=1S/C8H12F4.C8H14F2.C8H8F2.2C8H14F2.C8H8F2.C8H15F.C8H9F/c1-5-3-7(9,10)6(2)8(11,12)4-5;2*1-5-3-7(9)6(2)8(10)4-5;1-6-3-4-7(2)8(9,10)5-6;2*1-5-3-4-6(2)8(10)7(5)9;2*1-6-3-4-7(2)8(9)5-6/h5-6H,3-4H2,1-2H3;5-8H,3-4H2,1-2H3;3-4H,1-2H3;6-7H,3-5H2,1-2H3;5-8H,3-4H2,1-2H3;3-4H,1-2H3;6-8H,3-5H2,1-2H3;3-5H,1-2H3. The normalized spacial score (nSPS) is 31.8. The van der Waals surface area contributed by atoms with Crippen LogP contribution >= 0.6 is 0 Å². The second-order valence-electron chi connectivity index (χ2n) is 24.5. The zero-order valence-electron chi connectivity index (χ0n) is 50.2. The molecule has 80 heavy (non-hydrogen) atoms. The van der Waals surface area contributed by atoms with E-state index in [0.717, 1.165) is 44.6 Å². The summed E-state index contributed by atoms with van der Waals surface area (Å²) in [5.41, 5.74) is 3.08. The van der Waals surface area contributed by atoms with Gasteiger partial charge in [-0.2, -0.15) is 0 Å². The lowest BCUT2D eigenvalue weighted by molar-refractivity contribution is -0.208. The quantitative estimate of drug-likeness (QED) is 0.197. The van der Waals surface area contributed by atoms with Gasteiger partial charge in [0.05, 0.1) is 5.92 Å². The minimum Gasteiger partial charge on any atom is -0.247 e. The summed E-state index contributed by atoms with van der Waals surface area (Å²) >= 11 is 0. The predicted octanol–water partition coefficient (Wildman–Crippen LogP) is 22.2. The van der Waals surface area contributed by atoms with Gasteiger partial charge in [-0.25, -0.2) is 70.2 Å². The zero-order valence-corrected chi connectivity index (χ0v) is 50.2. The Morgan fingerprint density at radius 2 is 0.750 bits per heavy atom. The van der Waals surface area contributed by atoms with Crippen LogP contribution in [0.4, 0.5) is 70.2 Å². The van der Waals surface area contributed by atoms with E-state index in [1.165, 1.54) is 52.3 Å². The van der Waals surface area contributed by atoms with Crippen molar-refractivity contribution in [3.8, 4) is 0 Å². The van der Waals surface area contributed by atoms with E-state index in [1.807, 2.05) is 33.8 Å². The van der Waals surface area contributed by atoms with E-state index >= 15 is 0 Å². The van der Waals surface area contributed by atoms with E-state index < -0.39 is 102 Å². The largest absolute Gasteiger partial charge is 0.256 e. The third kappa shape index (κ3) is 25.2. The number of hydrogen-bond acceptors (Lipinski definition) is 0. The van der Waals surface area contributed by atoms with Gasteiger partial charge >= 0.3 is 0 Å². The van der Waals surface area contributed by atoms with Crippen LogP contribution in [-0.4, -0.2) is 48.6 Å². The average Bonchev–Trinajstić information content (AvgIpc) is 3.35. The lowest BCUT2D eigenvalue weighted by atomic mass is 9.78. The molecule has 0 saturated heterocycles. The molecule has 3 aromatic rings. The smallest absolute Gasteiger partial charge is 0.247 e. The Hall–Kier alpha value is -3.46. The summed E-state index contributed by atoms with van der Waals surface area (Å²) in [6.45, 7) is 27.0. The molecular weight excluding hydrogens is 1070 g/mol. The maximum absolute atomic E-state index is 12.9. The first kappa shape index (κ1) is 74.6. The molecule has 8 rings (SSSR count). The molecule has 0 amide bonds. The molecule has 5 aliphatic rings. The highest BCUT2D eigenvalue weighted by atomic mass is 19.3. The molecule has 5 fully saturated rings. The fourth-order valence-electron chi connectivity index (χ4n) is 9.85. The number of hydrogen-bond donors (Lipinski definition) is 0. The molecule has 0 aliphatic heterocycles. The zero-order chi connectivity index (χ0) is 61.9. The highest BCUT2D eigenvalue weighted by molar-refractivity contribution is 5.25. The van der Waals surface area contributed by atoms with Gasteiger partial charge in [0.1, 0.15) is 48.3 Å². The number of rotatable bonds is 0. The molecule has 0 N–H and O–H groups in total. The van der Waals surface area contributed by atoms with Gasteiger partial charge in [-0.15, -0.1) is 0 Å². The highest BCUT2D eigenvalue weighted by Gasteiger charge is 2.56. The molecule has 16 heteroatoms. The third-order valence-corrected chi connectivity index (χ3v) is 16.4. The van der Waals surface area contributed by atoms with E-state index in [-0.39, 0.29) is 47.4 Å². The van der Waals surface area contributed by atoms with Crippen molar-refractivity contribution in [1.82, 2.24) is 0 Å². The first-order valence-corrected chi connectivity index (χ1v) is 28.5. The van der Waals surface area contributed by atoms with Crippen molar-refractivity contribution in [2.45, 2.75) is 236 Å². The van der Waals surface area contributed by atoms with Crippen LogP contribution < -0.4 is 0 Å². The minimum atomic E-state index is -3.21. The van der Waals surface area contributed by atoms with E-state index in [1.54, 1.807) is 59.7 Å². The van der Waals surface area contributed by atoms with Gasteiger partial charge < -0.3 is 0 Å². The Kier molecular flexibility index (Phi) is 31.4. The molecule has 3 aromatic carbocycles. The first-order chi connectivity index (χ1) is 36.6. The van der Waals surface area contributed by atoms with Crippen LogP contribution in [0.25, 0.3) is 0 Å². The molecular formula is C64H94F16. The van der Waals surface area contributed by atoms with E-state index in [9.17, 15) is 70.2 Å². The Labute approximate surface area is 469 Å². The first-order valence-electron chi connectivity index (χ1n) is 28.5. The Balaban J connectivity index is 0.000000458. The van der Waals surface area contributed by atoms with Crippen molar-refractivity contribution in [3.05, 3.63) is 105 Å². The van der Waals surface area contributed by atoms with Crippen molar-refractivity contribution < 1.29 is 70.2 Å². The van der Waals surface area contributed by atoms with E-state index in [0.29, 0.717) is 53.4 Å². The number of benzene rings is 3. The lowest BCUT2D eigenvalue weighted by Gasteiger charge is -2.38. The van der Waals surface area contributed by atoms with Crippen LogP contribution in [0.3, 0.4) is 0 Å². The van der Waals surface area contributed by atoms with Crippen molar-refractivity contribution in [2.75, 3.05) is 0 Å². The van der Waals surface area contributed by atoms with Gasteiger partial charge in [0, 0.05) is 36.7 Å². The summed E-state index contributed by atoms with van der Waals surface area (Å²) in [7, 11) is 0. The molecule has 462 valence electrons. The third-order valence-electron chi connectivity index (χ3n) is 16.4. The van der Waals surface area contributed by atoms with Crippen molar-refractivity contribution in [1.29, 1.82) is 0 Å². The fourth-order valence-corrected chi connectivity index (χ4v) is 9.85. The van der Waals surface area contributed by atoms with Gasteiger partial charge in [-0.3, -0.25) is 0 Å². The highest BCUT2D eigenvalue weighted by Crippen LogP contribution is 2.49. The van der Waals surface area contributed by atoms with E-state index in [2.05, 4.69) is 6.92 Å². The van der Waals surface area contributed by atoms with Crippen LogP contribution in [0.5, 0.6) is 0 Å². The second kappa shape index (κ2) is 33.7. The van der Waals surface area contributed by atoms with Gasteiger partial charge in [0.15, 0.2) is 11.6 Å². The van der Waals surface area contributed by atoms with Crippen molar-refractivity contribution in [3.63, 3.8) is 0 Å². The van der Waals surface area contributed by atoms with Crippen LogP contribution in [0.15, 0.2) is 42.5 Å². The summed E-state index contributed by atoms with van der Waals surface area (Å²) in [4.78, 5) is 0. The molecule has 0 bridgehead atoms. The van der Waals surface area contributed by atoms with Crippen LogP contribution in [-0.2, 0) is 0 Å². The predicted molar refractivity (Wildman–Crippen MR) is 294 cm³/mol. The number of aryl methyl sites for hydroxylation is 5. The molecule has 11 atom stereocenters. The SMILES string of the molecule is CC1CC(F)(F)C(C)C(F)(F)C1.CC1CC(F)C(C)C(F)C1.CC1CCC(C)C(F)(F)C1.CC1CCC(C)C(F)C1.CC1CCC(C)C(F)C1F.Cc1cc(F)c(C)c(F)c1.Cc1ccc(C)c(F)c1.Cc1ccc(C)c(F)c1F. The molecule has 0 aromatic heterocycles. The lowest BCUT2D eigenvalue weighted by Crippen LogP contribution is -2.46. The summed E-state index contributed by atoms with van der Waals surface area (Å²) in [5, 5.41) is 0. The van der Waals surface area contributed by atoms with Crippen molar-refractivity contribution >= 4 is 0 Å². The maximum atomic E-state index is 12.9. The summed E-state index contributed by atoms with van der Waals surface area (Å²) < 4.78 is 204. The summed E-state index contributed by atoms with van der Waals surface area (Å²) in [6, 6.07) is 11.0. The number of alkyl halides is 11. The topological polar surface area (TPSA) is 0 Å². The Bertz CT molecular complexity index is 2150. The second-order valence-corrected chi connectivity index (χ2v) is 24.5. The maximum Gasteiger partial charge on any atom is 0.256 e. The number of halogens is 16.